The molecule has 2 amide bonds. The molecule has 1 aliphatic heterocycles. The molecule has 1 saturated heterocycles. The maximum absolute atomic E-state index is 11.8. The summed E-state index contributed by atoms with van der Waals surface area (Å²) in [4.78, 5) is 14.2. The van der Waals surface area contributed by atoms with Crippen molar-refractivity contribution in [2.75, 3.05) is 29.9 Å². The molecule has 0 unspecified atom stereocenters. The lowest BCUT2D eigenvalue weighted by molar-refractivity contribution is 0.251. The number of nitrogens with one attached hydrogen (secondary N) is 2. The second kappa shape index (κ2) is 7.17. The number of nitrogens with zero attached hydrogens (tertiary/aromatic N) is 1. The van der Waals surface area contributed by atoms with Crippen LogP contribution in [0.25, 0.3) is 0 Å². The molecule has 0 aromatic heterocycles. The fourth-order valence-electron chi connectivity index (χ4n) is 2.40. The Balaban J connectivity index is 1.93. The van der Waals surface area contributed by atoms with Crippen LogP contribution in [0.2, 0.25) is 0 Å². The van der Waals surface area contributed by atoms with Gasteiger partial charge in [-0.15, -0.1) is 0 Å². The van der Waals surface area contributed by atoms with Crippen LogP contribution in [0.3, 0.4) is 0 Å². The summed E-state index contributed by atoms with van der Waals surface area (Å²) in [5.74, 6) is 0.459. The molecule has 2 N–H and O–H groups in total. The maximum Gasteiger partial charge on any atom is 0.319 e. The molecule has 110 valence electrons. The van der Waals surface area contributed by atoms with Crippen molar-refractivity contribution in [1.82, 2.24) is 5.32 Å². The number of amides is 2. The molecular weight excluding hydrogens is 250 g/mol. The van der Waals surface area contributed by atoms with Gasteiger partial charge in [-0.1, -0.05) is 19.9 Å². The highest BCUT2D eigenvalue weighted by atomic mass is 16.2. The molecule has 2 rings (SSSR count). The van der Waals surface area contributed by atoms with E-state index >= 15 is 0 Å². The van der Waals surface area contributed by atoms with Crippen molar-refractivity contribution in [1.29, 1.82) is 0 Å². The average molecular weight is 275 g/mol. The van der Waals surface area contributed by atoms with E-state index < -0.39 is 0 Å². The smallest absolute Gasteiger partial charge is 0.319 e. The number of urea groups is 1. The molecule has 1 aromatic carbocycles. The molecule has 1 fully saturated rings. The van der Waals surface area contributed by atoms with Crippen LogP contribution in [0.5, 0.6) is 0 Å². The van der Waals surface area contributed by atoms with Gasteiger partial charge in [-0.05, 0) is 43.4 Å². The van der Waals surface area contributed by atoms with Gasteiger partial charge in [0.05, 0.1) is 0 Å². The minimum Gasteiger partial charge on any atom is -0.371 e. The molecule has 1 aliphatic rings. The van der Waals surface area contributed by atoms with Crippen LogP contribution >= 0.6 is 0 Å². The van der Waals surface area contributed by atoms with Crippen LogP contribution in [0.15, 0.2) is 24.3 Å². The van der Waals surface area contributed by atoms with Crippen LogP contribution in [-0.4, -0.2) is 25.7 Å². The summed E-state index contributed by atoms with van der Waals surface area (Å²) in [6.07, 6.45) is 3.84. The summed E-state index contributed by atoms with van der Waals surface area (Å²) in [6, 6.07) is 7.97. The first-order chi connectivity index (χ1) is 9.65. The maximum atomic E-state index is 11.8. The molecule has 0 saturated carbocycles. The Morgan fingerprint density at radius 2 is 2.00 bits per heavy atom. The molecule has 4 nitrogen and oxygen atoms in total. The zero-order valence-electron chi connectivity index (χ0n) is 12.5. The lowest BCUT2D eigenvalue weighted by Gasteiger charge is -2.29. The standard InChI is InChI=1S/C16H25N3O/c1-13(2)12-17-16(20)18-14-7-6-8-15(11-14)19-9-4-3-5-10-19/h6-8,11,13H,3-5,9-10,12H2,1-2H3,(H2,17,18,20). The number of anilines is 2. The third-order valence-corrected chi connectivity index (χ3v) is 3.50. The van der Waals surface area contributed by atoms with E-state index in [2.05, 4.69) is 41.5 Å². The molecule has 4 heteroatoms. The van der Waals surface area contributed by atoms with E-state index in [1.165, 1.54) is 24.9 Å². The summed E-state index contributed by atoms with van der Waals surface area (Å²) < 4.78 is 0. The van der Waals surface area contributed by atoms with Gasteiger partial charge in [-0.25, -0.2) is 4.79 Å². The predicted molar refractivity (Wildman–Crippen MR) is 84.4 cm³/mol. The number of hydrogen-bond acceptors (Lipinski definition) is 2. The van der Waals surface area contributed by atoms with Gasteiger partial charge in [0.2, 0.25) is 0 Å². The van der Waals surface area contributed by atoms with E-state index in [4.69, 9.17) is 0 Å². The van der Waals surface area contributed by atoms with E-state index in [9.17, 15) is 4.79 Å². The lowest BCUT2D eigenvalue weighted by Crippen LogP contribution is -2.32. The third kappa shape index (κ3) is 4.44. The van der Waals surface area contributed by atoms with E-state index in [0.29, 0.717) is 12.5 Å². The van der Waals surface area contributed by atoms with Gasteiger partial charge in [0, 0.05) is 31.0 Å². The average Bonchev–Trinajstić information content (AvgIpc) is 2.46. The van der Waals surface area contributed by atoms with Crippen molar-refractivity contribution in [3.8, 4) is 0 Å². The molecule has 20 heavy (non-hydrogen) atoms. The third-order valence-electron chi connectivity index (χ3n) is 3.50. The highest BCUT2D eigenvalue weighted by Crippen LogP contribution is 2.22. The van der Waals surface area contributed by atoms with Gasteiger partial charge in [0.1, 0.15) is 0 Å². The summed E-state index contributed by atoms with van der Waals surface area (Å²) >= 11 is 0. The van der Waals surface area contributed by atoms with E-state index in [-0.39, 0.29) is 6.03 Å². The molecule has 0 radical (unpaired) electrons. The van der Waals surface area contributed by atoms with Crippen molar-refractivity contribution in [2.24, 2.45) is 5.92 Å². The van der Waals surface area contributed by atoms with Crippen LogP contribution in [0.1, 0.15) is 33.1 Å². The molecule has 0 atom stereocenters. The second-order valence-electron chi connectivity index (χ2n) is 5.83. The summed E-state index contributed by atoms with van der Waals surface area (Å²) in [5, 5.41) is 5.77. The molecule has 0 spiro atoms. The second-order valence-corrected chi connectivity index (χ2v) is 5.83. The quantitative estimate of drug-likeness (QED) is 0.884. The van der Waals surface area contributed by atoms with Crippen molar-refractivity contribution in [3.63, 3.8) is 0 Å². The Bertz CT molecular complexity index is 439. The Morgan fingerprint density at radius 3 is 2.70 bits per heavy atom. The normalized spacial score (nSPS) is 15.2. The number of carbonyl (C=O) groups is 1. The van der Waals surface area contributed by atoms with Crippen molar-refractivity contribution < 1.29 is 4.79 Å². The van der Waals surface area contributed by atoms with Gasteiger partial charge >= 0.3 is 6.03 Å². The van der Waals surface area contributed by atoms with Crippen molar-refractivity contribution >= 4 is 17.4 Å². The first-order valence-corrected chi connectivity index (χ1v) is 7.55. The van der Waals surface area contributed by atoms with Gasteiger partial charge < -0.3 is 15.5 Å². The van der Waals surface area contributed by atoms with E-state index in [0.717, 1.165) is 18.8 Å². The first-order valence-electron chi connectivity index (χ1n) is 7.55. The summed E-state index contributed by atoms with van der Waals surface area (Å²) in [7, 11) is 0. The molecule has 0 aliphatic carbocycles. The number of carbonyl (C=O) groups excluding carboxylic acids is 1. The summed E-state index contributed by atoms with van der Waals surface area (Å²) in [5.41, 5.74) is 2.06. The van der Waals surface area contributed by atoms with Crippen LogP contribution in [0.4, 0.5) is 16.2 Å². The van der Waals surface area contributed by atoms with Crippen molar-refractivity contribution in [3.05, 3.63) is 24.3 Å². The lowest BCUT2D eigenvalue weighted by atomic mass is 10.1. The Labute approximate surface area is 121 Å². The van der Waals surface area contributed by atoms with Gasteiger partial charge in [0.15, 0.2) is 0 Å². The fraction of sp³-hybridized carbons (Fsp3) is 0.562. The number of benzene rings is 1. The highest BCUT2D eigenvalue weighted by Gasteiger charge is 2.11. The number of rotatable bonds is 4. The monoisotopic (exact) mass is 275 g/mol. The largest absolute Gasteiger partial charge is 0.371 e. The van der Waals surface area contributed by atoms with Gasteiger partial charge in [-0.2, -0.15) is 0 Å². The predicted octanol–water partition coefficient (Wildman–Crippen LogP) is 3.45. The molecule has 1 heterocycles. The first kappa shape index (κ1) is 14.7. The minimum atomic E-state index is -0.130. The van der Waals surface area contributed by atoms with Crippen LogP contribution < -0.4 is 15.5 Å². The van der Waals surface area contributed by atoms with E-state index in [1.807, 2.05) is 12.1 Å². The van der Waals surface area contributed by atoms with E-state index in [1.54, 1.807) is 0 Å². The van der Waals surface area contributed by atoms with Crippen LogP contribution in [0, 0.1) is 5.92 Å². The summed E-state index contributed by atoms with van der Waals surface area (Å²) in [6.45, 7) is 7.08. The molecule has 0 bridgehead atoms. The minimum absolute atomic E-state index is 0.130. The molecular formula is C16H25N3O. The van der Waals surface area contributed by atoms with Crippen molar-refractivity contribution in [2.45, 2.75) is 33.1 Å². The highest BCUT2D eigenvalue weighted by molar-refractivity contribution is 5.89. The Morgan fingerprint density at radius 1 is 1.25 bits per heavy atom. The van der Waals surface area contributed by atoms with Gasteiger partial charge in [0.25, 0.3) is 0 Å². The zero-order valence-corrected chi connectivity index (χ0v) is 12.5. The Kier molecular flexibility index (Phi) is 5.27. The number of hydrogen-bond donors (Lipinski definition) is 2. The fourth-order valence-corrected chi connectivity index (χ4v) is 2.40. The topological polar surface area (TPSA) is 44.4 Å². The van der Waals surface area contributed by atoms with Gasteiger partial charge in [-0.3, -0.25) is 0 Å². The SMILES string of the molecule is CC(C)CNC(=O)Nc1cccc(N2CCCCC2)c1. The zero-order chi connectivity index (χ0) is 14.4. The Hall–Kier alpha value is -1.71. The van der Waals surface area contributed by atoms with Crippen LogP contribution in [-0.2, 0) is 0 Å². The number of piperidine rings is 1. The molecule has 1 aromatic rings.